The number of halogens is 1. The van der Waals surface area contributed by atoms with Gasteiger partial charge >= 0.3 is 0 Å². The van der Waals surface area contributed by atoms with E-state index in [0.717, 1.165) is 26.1 Å². The van der Waals surface area contributed by atoms with Crippen molar-refractivity contribution in [2.45, 2.75) is 6.42 Å². The maximum absolute atomic E-state index is 12.9. The molecule has 142 valence electrons. The van der Waals surface area contributed by atoms with Gasteiger partial charge in [0, 0.05) is 38.3 Å². The van der Waals surface area contributed by atoms with Crippen LogP contribution < -0.4 is 5.32 Å². The zero-order valence-electron chi connectivity index (χ0n) is 15.2. The van der Waals surface area contributed by atoms with Gasteiger partial charge in [-0.25, -0.2) is 4.39 Å². The molecular formula is C21H24FN3O2. The lowest BCUT2D eigenvalue weighted by molar-refractivity contribution is -0.131. The predicted molar refractivity (Wildman–Crippen MR) is 102 cm³/mol. The first-order valence-corrected chi connectivity index (χ1v) is 9.19. The second kappa shape index (κ2) is 9.28. The molecule has 0 bridgehead atoms. The Morgan fingerprint density at radius 1 is 0.926 bits per heavy atom. The van der Waals surface area contributed by atoms with Gasteiger partial charge in [-0.05, 0) is 36.2 Å². The Morgan fingerprint density at radius 2 is 1.59 bits per heavy atom. The monoisotopic (exact) mass is 369 g/mol. The number of amides is 2. The quantitative estimate of drug-likeness (QED) is 0.847. The molecule has 2 amide bonds. The highest BCUT2D eigenvalue weighted by Gasteiger charge is 2.21. The van der Waals surface area contributed by atoms with Crippen molar-refractivity contribution in [1.82, 2.24) is 15.1 Å². The van der Waals surface area contributed by atoms with Gasteiger partial charge in [-0.2, -0.15) is 0 Å². The van der Waals surface area contributed by atoms with Crippen LogP contribution in [0.1, 0.15) is 15.9 Å². The fourth-order valence-corrected chi connectivity index (χ4v) is 3.12. The van der Waals surface area contributed by atoms with E-state index in [4.69, 9.17) is 0 Å². The molecule has 0 atom stereocenters. The normalized spacial score (nSPS) is 14.8. The van der Waals surface area contributed by atoms with E-state index in [2.05, 4.69) is 22.3 Å². The topological polar surface area (TPSA) is 52.7 Å². The standard InChI is InChI=1S/C21H24FN3O2/c22-19-8-6-18(7-9-19)21(27)23-16-20(26)25-14-12-24(13-15-25)11-10-17-4-2-1-3-5-17/h1-9H,10-16H2,(H,23,27). The average molecular weight is 369 g/mol. The Labute approximate surface area is 158 Å². The molecule has 0 spiro atoms. The molecule has 6 heteroatoms. The van der Waals surface area contributed by atoms with Crippen LogP contribution in [-0.2, 0) is 11.2 Å². The van der Waals surface area contributed by atoms with Crippen molar-refractivity contribution in [2.75, 3.05) is 39.3 Å². The molecule has 5 nitrogen and oxygen atoms in total. The molecule has 27 heavy (non-hydrogen) atoms. The van der Waals surface area contributed by atoms with Crippen LogP contribution in [0.15, 0.2) is 54.6 Å². The van der Waals surface area contributed by atoms with Crippen LogP contribution in [-0.4, -0.2) is 60.9 Å². The highest BCUT2D eigenvalue weighted by atomic mass is 19.1. The van der Waals surface area contributed by atoms with E-state index in [1.165, 1.54) is 29.8 Å². The van der Waals surface area contributed by atoms with Gasteiger partial charge in [0.1, 0.15) is 5.82 Å². The fourth-order valence-electron chi connectivity index (χ4n) is 3.12. The summed E-state index contributed by atoms with van der Waals surface area (Å²) in [5.74, 6) is -0.856. The maximum Gasteiger partial charge on any atom is 0.251 e. The van der Waals surface area contributed by atoms with Gasteiger partial charge in [-0.15, -0.1) is 0 Å². The molecule has 2 aromatic rings. The second-order valence-electron chi connectivity index (χ2n) is 6.65. The van der Waals surface area contributed by atoms with E-state index in [9.17, 15) is 14.0 Å². The molecule has 2 aromatic carbocycles. The summed E-state index contributed by atoms with van der Waals surface area (Å²) in [5.41, 5.74) is 1.66. The van der Waals surface area contributed by atoms with Crippen LogP contribution in [0.4, 0.5) is 4.39 Å². The first-order chi connectivity index (χ1) is 13.1. The van der Waals surface area contributed by atoms with E-state index in [0.29, 0.717) is 18.7 Å². The summed E-state index contributed by atoms with van der Waals surface area (Å²) in [5, 5.41) is 2.61. The number of hydrogen-bond acceptors (Lipinski definition) is 3. The van der Waals surface area contributed by atoms with E-state index in [-0.39, 0.29) is 18.4 Å². The SMILES string of the molecule is O=C(NCC(=O)N1CCN(CCc2ccccc2)CC1)c1ccc(F)cc1. The van der Waals surface area contributed by atoms with Gasteiger partial charge in [0.05, 0.1) is 6.54 Å². The number of nitrogens with zero attached hydrogens (tertiary/aromatic N) is 2. The number of carbonyl (C=O) groups is 2. The summed E-state index contributed by atoms with van der Waals surface area (Å²) >= 11 is 0. The third-order valence-corrected chi connectivity index (χ3v) is 4.79. The Bertz CT molecular complexity index is 757. The van der Waals surface area contributed by atoms with Crippen molar-refractivity contribution in [1.29, 1.82) is 0 Å². The van der Waals surface area contributed by atoms with Crippen LogP contribution >= 0.6 is 0 Å². The molecule has 1 aliphatic rings. The first-order valence-electron chi connectivity index (χ1n) is 9.19. The van der Waals surface area contributed by atoms with Crippen molar-refractivity contribution in [3.05, 3.63) is 71.5 Å². The summed E-state index contributed by atoms with van der Waals surface area (Å²) in [6.07, 6.45) is 1.00. The second-order valence-corrected chi connectivity index (χ2v) is 6.65. The molecule has 0 unspecified atom stereocenters. The average Bonchev–Trinajstić information content (AvgIpc) is 2.72. The number of nitrogens with one attached hydrogen (secondary N) is 1. The molecule has 1 heterocycles. The highest BCUT2D eigenvalue weighted by molar-refractivity contribution is 5.96. The molecular weight excluding hydrogens is 345 g/mol. The molecule has 1 N–H and O–H groups in total. The molecule has 0 saturated carbocycles. The molecule has 1 saturated heterocycles. The zero-order chi connectivity index (χ0) is 19.1. The van der Waals surface area contributed by atoms with E-state index in [1.54, 1.807) is 4.90 Å². The largest absolute Gasteiger partial charge is 0.343 e. The van der Waals surface area contributed by atoms with E-state index < -0.39 is 5.82 Å². The third-order valence-electron chi connectivity index (χ3n) is 4.79. The van der Waals surface area contributed by atoms with Crippen LogP contribution in [0.25, 0.3) is 0 Å². The molecule has 1 aliphatic heterocycles. The highest BCUT2D eigenvalue weighted by Crippen LogP contribution is 2.06. The van der Waals surface area contributed by atoms with Crippen molar-refractivity contribution in [2.24, 2.45) is 0 Å². The number of rotatable bonds is 6. The van der Waals surface area contributed by atoms with Gasteiger partial charge in [0.2, 0.25) is 5.91 Å². The van der Waals surface area contributed by atoms with Gasteiger partial charge in [0.25, 0.3) is 5.91 Å². The minimum absolute atomic E-state index is 0.0414. The smallest absolute Gasteiger partial charge is 0.251 e. The van der Waals surface area contributed by atoms with E-state index in [1.807, 2.05) is 18.2 Å². The Balaban J connectivity index is 1.38. The third kappa shape index (κ3) is 5.62. The van der Waals surface area contributed by atoms with E-state index >= 15 is 0 Å². The Morgan fingerprint density at radius 3 is 2.26 bits per heavy atom. The lowest BCUT2D eigenvalue weighted by Gasteiger charge is -2.34. The lowest BCUT2D eigenvalue weighted by Crippen LogP contribution is -2.51. The van der Waals surface area contributed by atoms with Crippen LogP contribution in [0, 0.1) is 5.82 Å². The minimum atomic E-state index is -0.396. The molecule has 0 aliphatic carbocycles. The predicted octanol–water partition coefficient (Wildman–Crippen LogP) is 1.94. The van der Waals surface area contributed by atoms with Crippen molar-refractivity contribution in [3.63, 3.8) is 0 Å². The van der Waals surface area contributed by atoms with Gasteiger partial charge in [0.15, 0.2) is 0 Å². The fraction of sp³-hybridized carbons (Fsp3) is 0.333. The minimum Gasteiger partial charge on any atom is -0.343 e. The van der Waals surface area contributed by atoms with Gasteiger partial charge in [-0.1, -0.05) is 30.3 Å². The molecule has 1 fully saturated rings. The molecule has 0 radical (unpaired) electrons. The maximum atomic E-state index is 12.9. The Hall–Kier alpha value is -2.73. The number of piperazine rings is 1. The molecule has 3 rings (SSSR count). The zero-order valence-corrected chi connectivity index (χ0v) is 15.2. The van der Waals surface area contributed by atoms with Gasteiger partial charge in [-0.3, -0.25) is 14.5 Å². The summed E-state index contributed by atoms with van der Waals surface area (Å²) in [6, 6.07) is 15.6. The lowest BCUT2D eigenvalue weighted by atomic mass is 10.1. The van der Waals surface area contributed by atoms with Crippen molar-refractivity contribution in [3.8, 4) is 0 Å². The summed E-state index contributed by atoms with van der Waals surface area (Å²) in [4.78, 5) is 28.4. The first kappa shape index (κ1) is 19.0. The number of carbonyl (C=O) groups excluding carboxylic acids is 2. The van der Waals surface area contributed by atoms with Gasteiger partial charge < -0.3 is 10.2 Å². The summed E-state index contributed by atoms with van der Waals surface area (Å²) in [7, 11) is 0. The van der Waals surface area contributed by atoms with Crippen LogP contribution in [0.5, 0.6) is 0 Å². The van der Waals surface area contributed by atoms with Crippen LogP contribution in [0.2, 0.25) is 0 Å². The molecule has 0 aromatic heterocycles. The summed E-state index contributed by atoms with van der Waals surface area (Å²) < 4.78 is 12.9. The van der Waals surface area contributed by atoms with Crippen molar-refractivity contribution >= 4 is 11.8 Å². The Kier molecular flexibility index (Phi) is 6.54. The van der Waals surface area contributed by atoms with Crippen LogP contribution in [0.3, 0.4) is 0 Å². The van der Waals surface area contributed by atoms with Crippen molar-refractivity contribution < 1.29 is 14.0 Å². The number of hydrogen-bond donors (Lipinski definition) is 1. The summed E-state index contributed by atoms with van der Waals surface area (Å²) in [6.45, 7) is 3.95. The number of benzene rings is 2.